The van der Waals surface area contributed by atoms with Crippen LogP contribution in [0.3, 0.4) is 0 Å². The second-order valence-electron chi connectivity index (χ2n) is 3.69. The van der Waals surface area contributed by atoms with E-state index in [2.05, 4.69) is 11.8 Å². The van der Waals surface area contributed by atoms with E-state index in [4.69, 9.17) is 15.6 Å². The average Bonchev–Trinajstić information content (AvgIpc) is 2.25. The Labute approximate surface area is 93.4 Å². The lowest BCUT2D eigenvalue weighted by Crippen LogP contribution is -2.40. The van der Waals surface area contributed by atoms with E-state index in [-0.39, 0.29) is 12.7 Å². The first-order valence-corrected chi connectivity index (χ1v) is 5.93. The van der Waals surface area contributed by atoms with Gasteiger partial charge in [0.25, 0.3) is 0 Å². The van der Waals surface area contributed by atoms with Gasteiger partial charge < -0.3 is 15.6 Å². The zero-order valence-electron chi connectivity index (χ0n) is 10.1. The fourth-order valence-electron chi connectivity index (χ4n) is 1.54. The van der Waals surface area contributed by atoms with Gasteiger partial charge in [0.15, 0.2) is 0 Å². The molecule has 4 nitrogen and oxygen atoms in total. The van der Waals surface area contributed by atoms with Crippen molar-refractivity contribution in [3.8, 4) is 0 Å². The molecule has 0 aliphatic carbocycles. The van der Waals surface area contributed by atoms with Crippen LogP contribution in [0.4, 0.5) is 0 Å². The van der Waals surface area contributed by atoms with Crippen molar-refractivity contribution < 1.29 is 9.84 Å². The lowest BCUT2D eigenvalue weighted by Gasteiger charge is -2.25. The molecule has 92 valence electrons. The van der Waals surface area contributed by atoms with E-state index in [1.165, 1.54) is 6.42 Å². The third-order valence-corrected chi connectivity index (χ3v) is 2.37. The minimum absolute atomic E-state index is 0.0957. The summed E-state index contributed by atoms with van der Waals surface area (Å²) in [5.41, 5.74) is 5.62. The molecule has 0 aliphatic rings. The van der Waals surface area contributed by atoms with Gasteiger partial charge in [0.05, 0.1) is 12.7 Å². The molecule has 0 aromatic rings. The quantitative estimate of drug-likeness (QED) is 0.559. The molecule has 0 saturated carbocycles. The van der Waals surface area contributed by atoms with Crippen LogP contribution in [0.5, 0.6) is 0 Å². The summed E-state index contributed by atoms with van der Waals surface area (Å²) in [6.07, 6.45) is 2.42. The highest BCUT2D eigenvalue weighted by molar-refractivity contribution is 4.66. The first kappa shape index (κ1) is 14.8. The second-order valence-corrected chi connectivity index (χ2v) is 3.69. The number of nitrogens with zero attached hydrogens (tertiary/aromatic N) is 1. The lowest BCUT2D eigenvalue weighted by atomic mass is 10.2. The van der Waals surface area contributed by atoms with Gasteiger partial charge in [-0.2, -0.15) is 0 Å². The van der Waals surface area contributed by atoms with Crippen molar-refractivity contribution in [1.82, 2.24) is 4.90 Å². The molecule has 3 N–H and O–H groups in total. The zero-order valence-corrected chi connectivity index (χ0v) is 10.1. The monoisotopic (exact) mass is 218 g/mol. The molecular weight excluding hydrogens is 192 g/mol. The van der Waals surface area contributed by atoms with Crippen LogP contribution in [0, 0.1) is 0 Å². The molecule has 4 heteroatoms. The van der Waals surface area contributed by atoms with Crippen molar-refractivity contribution in [3.05, 3.63) is 0 Å². The summed E-state index contributed by atoms with van der Waals surface area (Å²) >= 11 is 0. The normalized spacial score (nSPS) is 13.4. The number of hydrogen-bond acceptors (Lipinski definition) is 4. The van der Waals surface area contributed by atoms with Gasteiger partial charge >= 0.3 is 0 Å². The Morgan fingerprint density at radius 3 is 2.53 bits per heavy atom. The average molecular weight is 218 g/mol. The van der Waals surface area contributed by atoms with Crippen LogP contribution >= 0.6 is 0 Å². The standard InChI is InChI=1S/C11H26N2O2/c1-3-5-6-13(7-8-14)10-11(9-12)15-4-2/h11,14H,3-10,12H2,1-2H3. The van der Waals surface area contributed by atoms with Crippen LogP contribution in [-0.4, -0.2) is 55.5 Å². The van der Waals surface area contributed by atoms with Gasteiger partial charge in [-0.05, 0) is 19.9 Å². The number of hydrogen-bond donors (Lipinski definition) is 2. The van der Waals surface area contributed by atoms with Gasteiger partial charge in [-0.25, -0.2) is 0 Å². The van der Waals surface area contributed by atoms with E-state index < -0.39 is 0 Å². The van der Waals surface area contributed by atoms with Crippen molar-refractivity contribution >= 4 is 0 Å². The van der Waals surface area contributed by atoms with Crippen molar-refractivity contribution in [2.75, 3.05) is 39.4 Å². The first-order chi connectivity index (χ1) is 7.28. The summed E-state index contributed by atoms with van der Waals surface area (Å²) in [6, 6.07) is 0. The second kappa shape index (κ2) is 10.4. The van der Waals surface area contributed by atoms with Gasteiger partial charge in [-0.15, -0.1) is 0 Å². The molecular formula is C11H26N2O2. The maximum atomic E-state index is 8.94. The zero-order chi connectivity index (χ0) is 11.5. The molecule has 0 rings (SSSR count). The molecule has 1 atom stereocenters. The van der Waals surface area contributed by atoms with Gasteiger partial charge in [0.1, 0.15) is 0 Å². The third-order valence-electron chi connectivity index (χ3n) is 2.37. The number of aliphatic hydroxyl groups is 1. The highest BCUT2D eigenvalue weighted by Gasteiger charge is 2.11. The number of nitrogens with two attached hydrogens (primary N) is 1. The van der Waals surface area contributed by atoms with Gasteiger partial charge in [0, 0.05) is 26.2 Å². The molecule has 0 aromatic carbocycles. The topological polar surface area (TPSA) is 58.7 Å². The lowest BCUT2D eigenvalue weighted by molar-refractivity contribution is 0.0348. The molecule has 0 bridgehead atoms. The predicted molar refractivity (Wildman–Crippen MR) is 62.9 cm³/mol. The molecule has 0 amide bonds. The Kier molecular flexibility index (Phi) is 10.3. The summed E-state index contributed by atoms with van der Waals surface area (Å²) in [5, 5.41) is 8.94. The van der Waals surface area contributed by atoms with E-state index in [0.717, 1.165) is 19.5 Å². The smallest absolute Gasteiger partial charge is 0.0823 e. The highest BCUT2D eigenvalue weighted by Crippen LogP contribution is 1.99. The molecule has 0 saturated heterocycles. The van der Waals surface area contributed by atoms with Gasteiger partial charge in [-0.1, -0.05) is 13.3 Å². The molecule has 0 spiro atoms. The Morgan fingerprint density at radius 1 is 1.33 bits per heavy atom. The van der Waals surface area contributed by atoms with Crippen molar-refractivity contribution in [2.24, 2.45) is 5.73 Å². The minimum Gasteiger partial charge on any atom is -0.395 e. The number of rotatable bonds is 10. The highest BCUT2D eigenvalue weighted by atomic mass is 16.5. The van der Waals surface area contributed by atoms with Crippen LogP contribution in [0.1, 0.15) is 26.7 Å². The molecule has 1 unspecified atom stereocenters. The Balaban J connectivity index is 3.87. The first-order valence-electron chi connectivity index (χ1n) is 5.93. The van der Waals surface area contributed by atoms with Crippen molar-refractivity contribution in [1.29, 1.82) is 0 Å². The molecule has 0 aliphatic heterocycles. The molecule has 0 radical (unpaired) electrons. The summed E-state index contributed by atoms with van der Waals surface area (Å²) in [5.74, 6) is 0. The number of ether oxygens (including phenoxy) is 1. The summed E-state index contributed by atoms with van der Waals surface area (Å²) < 4.78 is 5.50. The fourth-order valence-corrected chi connectivity index (χ4v) is 1.54. The maximum absolute atomic E-state index is 8.94. The number of unbranched alkanes of at least 4 members (excludes halogenated alkanes) is 1. The summed E-state index contributed by atoms with van der Waals surface area (Å²) in [6.45, 7) is 8.14. The van der Waals surface area contributed by atoms with Gasteiger partial charge in [0.2, 0.25) is 0 Å². The van der Waals surface area contributed by atoms with Crippen LogP contribution in [0.2, 0.25) is 0 Å². The molecule has 0 heterocycles. The van der Waals surface area contributed by atoms with Crippen molar-refractivity contribution in [2.45, 2.75) is 32.8 Å². The van der Waals surface area contributed by atoms with Gasteiger partial charge in [-0.3, -0.25) is 4.90 Å². The van der Waals surface area contributed by atoms with E-state index in [0.29, 0.717) is 19.7 Å². The van der Waals surface area contributed by atoms with E-state index in [1.54, 1.807) is 0 Å². The summed E-state index contributed by atoms with van der Waals surface area (Å²) in [4.78, 5) is 2.22. The Bertz CT molecular complexity index is 134. The minimum atomic E-state index is 0.0957. The van der Waals surface area contributed by atoms with Crippen LogP contribution in [0.25, 0.3) is 0 Å². The van der Waals surface area contributed by atoms with Crippen LogP contribution in [0.15, 0.2) is 0 Å². The van der Waals surface area contributed by atoms with E-state index in [1.807, 2.05) is 6.92 Å². The Morgan fingerprint density at radius 2 is 2.07 bits per heavy atom. The molecule has 0 aromatic heterocycles. The fraction of sp³-hybridized carbons (Fsp3) is 1.00. The maximum Gasteiger partial charge on any atom is 0.0823 e. The SMILES string of the molecule is CCCCN(CCO)CC(CN)OCC. The predicted octanol–water partition coefficient (Wildman–Crippen LogP) is 0.445. The van der Waals surface area contributed by atoms with E-state index in [9.17, 15) is 0 Å². The van der Waals surface area contributed by atoms with E-state index >= 15 is 0 Å². The molecule has 15 heavy (non-hydrogen) atoms. The van der Waals surface area contributed by atoms with Crippen molar-refractivity contribution in [3.63, 3.8) is 0 Å². The van der Waals surface area contributed by atoms with Crippen LogP contribution < -0.4 is 5.73 Å². The largest absolute Gasteiger partial charge is 0.395 e. The molecule has 0 fully saturated rings. The third kappa shape index (κ3) is 7.73. The summed E-state index contributed by atoms with van der Waals surface area (Å²) in [7, 11) is 0. The Hall–Kier alpha value is -0.160. The van der Waals surface area contributed by atoms with Crippen LogP contribution in [-0.2, 0) is 4.74 Å². The number of aliphatic hydroxyl groups excluding tert-OH is 1.